The van der Waals surface area contributed by atoms with Gasteiger partial charge in [0, 0.05) is 6.54 Å². The fourth-order valence-corrected chi connectivity index (χ4v) is 1.44. The average Bonchev–Trinajstić information content (AvgIpc) is 2.40. The molecule has 0 radical (unpaired) electrons. The van der Waals surface area contributed by atoms with Crippen LogP contribution < -0.4 is 5.32 Å². The van der Waals surface area contributed by atoms with Crippen molar-refractivity contribution in [2.45, 2.75) is 26.6 Å². The van der Waals surface area contributed by atoms with Crippen molar-refractivity contribution >= 4 is 11.6 Å². The molecule has 0 aliphatic carbocycles. The Hall–Kier alpha value is -0.750. The fourth-order valence-electron chi connectivity index (χ4n) is 1.31. The SMILES string of the molecule is Cc1nn(CCNCC(F)(F)F)c(C)c1Cl. The maximum atomic E-state index is 11.8. The van der Waals surface area contributed by atoms with E-state index in [4.69, 9.17) is 11.6 Å². The Morgan fingerprint density at radius 1 is 1.38 bits per heavy atom. The van der Waals surface area contributed by atoms with Gasteiger partial charge >= 0.3 is 6.18 Å². The minimum absolute atomic E-state index is 0.206. The molecule has 0 bridgehead atoms. The van der Waals surface area contributed by atoms with Crippen LogP contribution in [0.2, 0.25) is 5.02 Å². The lowest BCUT2D eigenvalue weighted by atomic mass is 10.4. The van der Waals surface area contributed by atoms with Gasteiger partial charge in [-0.15, -0.1) is 0 Å². The minimum atomic E-state index is -4.17. The minimum Gasteiger partial charge on any atom is -0.307 e. The highest BCUT2D eigenvalue weighted by Gasteiger charge is 2.25. The first-order valence-electron chi connectivity index (χ1n) is 4.78. The molecule has 1 heterocycles. The van der Waals surface area contributed by atoms with E-state index in [1.54, 1.807) is 18.5 Å². The van der Waals surface area contributed by atoms with Gasteiger partial charge in [0.15, 0.2) is 0 Å². The molecule has 0 saturated heterocycles. The van der Waals surface area contributed by atoms with Crippen molar-refractivity contribution in [1.29, 1.82) is 0 Å². The summed E-state index contributed by atoms with van der Waals surface area (Å²) in [6.45, 7) is 3.13. The smallest absolute Gasteiger partial charge is 0.307 e. The maximum absolute atomic E-state index is 11.8. The van der Waals surface area contributed by atoms with Gasteiger partial charge in [0.1, 0.15) is 0 Å². The van der Waals surface area contributed by atoms with Crippen molar-refractivity contribution in [3.05, 3.63) is 16.4 Å². The van der Waals surface area contributed by atoms with E-state index >= 15 is 0 Å². The maximum Gasteiger partial charge on any atom is 0.401 e. The lowest BCUT2D eigenvalue weighted by molar-refractivity contribution is -0.124. The predicted molar refractivity (Wildman–Crippen MR) is 55.6 cm³/mol. The van der Waals surface area contributed by atoms with Gasteiger partial charge in [0.05, 0.1) is 29.5 Å². The number of rotatable bonds is 4. The summed E-state index contributed by atoms with van der Waals surface area (Å²) in [5.41, 5.74) is 1.46. The highest BCUT2D eigenvalue weighted by Crippen LogP contribution is 2.18. The second-order valence-corrected chi connectivity index (χ2v) is 3.88. The largest absolute Gasteiger partial charge is 0.401 e. The third-order valence-corrected chi connectivity index (χ3v) is 2.67. The summed E-state index contributed by atoms with van der Waals surface area (Å²) in [5.74, 6) is 0. The van der Waals surface area contributed by atoms with Crippen LogP contribution >= 0.6 is 11.6 Å². The van der Waals surface area contributed by atoms with Gasteiger partial charge in [0.25, 0.3) is 0 Å². The van der Waals surface area contributed by atoms with E-state index in [1.807, 2.05) is 0 Å². The second kappa shape index (κ2) is 5.05. The van der Waals surface area contributed by atoms with E-state index in [-0.39, 0.29) is 6.54 Å². The van der Waals surface area contributed by atoms with Crippen molar-refractivity contribution in [2.75, 3.05) is 13.1 Å². The van der Waals surface area contributed by atoms with Crippen LogP contribution in [0.4, 0.5) is 13.2 Å². The Balaban J connectivity index is 2.41. The van der Waals surface area contributed by atoms with Gasteiger partial charge in [-0.25, -0.2) is 0 Å². The molecule has 0 aliphatic heterocycles. The molecular formula is C9H13ClF3N3. The highest BCUT2D eigenvalue weighted by atomic mass is 35.5. The van der Waals surface area contributed by atoms with Crippen LogP contribution in [0.15, 0.2) is 0 Å². The van der Waals surface area contributed by atoms with Gasteiger partial charge in [-0.2, -0.15) is 18.3 Å². The van der Waals surface area contributed by atoms with Crippen LogP contribution in [0.25, 0.3) is 0 Å². The molecule has 1 rings (SSSR count). The molecule has 1 N–H and O–H groups in total. The molecule has 92 valence electrons. The summed E-state index contributed by atoms with van der Waals surface area (Å²) in [6, 6.07) is 0. The van der Waals surface area contributed by atoms with Gasteiger partial charge in [-0.05, 0) is 13.8 Å². The zero-order valence-electron chi connectivity index (χ0n) is 9.03. The van der Waals surface area contributed by atoms with Crippen molar-refractivity contribution in [2.24, 2.45) is 0 Å². The number of alkyl halides is 3. The molecule has 1 aromatic heterocycles. The quantitative estimate of drug-likeness (QED) is 0.837. The molecule has 0 saturated carbocycles. The van der Waals surface area contributed by atoms with Crippen molar-refractivity contribution in [3.63, 3.8) is 0 Å². The molecule has 0 aliphatic rings. The molecule has 16 heavy (non-hydrogen) atoms. The van der Waals surface area contributed by atoms with Gasteiger partial charge in [-0.3, -0.25) is 4.68 Å². The van der Waals surface area contributed by atoms with Gasteiger partial charge in [0.2, 0.25) is 0 Å². The van der Waals surface area contributed by atoms with E-state index in [9.17, 15) is 13.2 Å². The molecule has 0 aromatic carbocycles. The second-order valence-electron chi connectivity index (χ2n) is 3.50. The Kier molecular flexibility index (Phi) is 4.21. The average molecular weight is 256 g/mol. The number of nitrogens with one attached hydrogen (secondary N) is 1. The number of hydrogen-bond acceptors (Lipinski definition) is 2. The molecule has 3 nitrogen and oxygen atoms in total. The van der Waals surface area contributed by atoms with Crippen LogP contribution in [0.1, 0.15) is 11.4 Å². The summed E-state index contributed by atoms with van der Waals surface area (Å²) < 4.78 is 37.1. The van der Waals surface area contributed by atoms with Crippen molar-refractivity contribution in [3.8, 4) is 0 Å². The number of nitrogens with zero attached hydrogens (tertiary/aromatic N) is 2. The lowest BCUT2D eigenvalue weighted by Gasteiger charge is -2.08. The summed E-state index contributed by atoms with van der Waals surface area (Å²) in [5, 5.41) is 6.97. The third kappa shape index (κ3) is 3.68. The van der Waals surface area contributed by atoms with Crippen LogP contribution in [0.5, 0.6) is 0 Å². The molecule has 0 unspecified atom stereocenters. The summed E-state index contributed by atoms with van der Waals surface area (Å²) in [4.78, 5) is 0. The van der Waals surface area contributed by atoms with E-state index in [2.05, 4.69) is 10.4 Å². The third-order valence-electron chi connectivity index (χ3n) is 2.12. The Morgan fingerprint density at radius 2 is 2.00 bits per heavy atom. The monoisotopic (exact) mass is 255 g/mol. The molecule has 0 spiro atoms. The predicted octanol–water partition coefficient (Wildman–Crippen LogP) is 2.31. The van der Waals surface area contributed by atoms with Crippen molar-refractivity contribution < 1.29 is 13.2 Å². The number of halogens is 4. The zero-order valence-corrected chi connectivity index (χ0v) is 9.78. The van der Waals surface area contributed by atoms with E-state index in [0.717, 1.165) is 5.69 Å². The highest BCUT2D eigenvalue weighted by molar-refractivity contribution is 6.31. The first-order chi connectivity index (χ1) is 7.31. The van der Waals surface area contributed by atoms with Crippen molar-refractivity contribution in [1.82, 2.24) is 15.1 Å². The molecular weight excluding hydrogens is 243 g/mol. The van der Waals surface area contributed by atoms with Gasteiger partial charge in [-0.1, -0.05) is 11.6 Å². The number of aryl methyl sites for hydroxylation is 1. The first-order valence-corrected chi connectivity index (χ1v) is 5.16. The molecule has 0 atom stereocenters. The summed E-state index contributed by atoms with van der Waals surface area (Å²) >= 11 is 5.90. The Labute approximate surface area is 96.6 Å². The van der Waals surface area contributed by atoms with Crippen LogP contribution in [-0.2, 0) is 6.54 Å². The van der Waals surface area contributed by atoms with E-state index < -0.39 is 12.7 Å². The Morgan fingerprint density at radius 3 is 2.44 bits per heavy atom. The molecule has 0 fully saturated rings. The molecule has 0 amide bonds. The summed E-state index contributed by atoms with van der Waals surface area (Å²) in [6.07, 6.45) is -4.17. The van der Waals surface area contributed by atoms with Crippen LogP contribution in [0.3, 0.4) is 0 Å². The molecule has 7 heteroatoms. The van der Waals surface area contributed by atoms with Gasteiger partial charge < -0.3 is 5.32 Å². The lowest BCUT2D eigenvalue weighted by Crippen LogP contribution is -2.31. The zero-order chi connectivity index (χ0) is 12.3. The van der Waals surface area contributed by atoms with E-state index in [1.165, 1.54) is 0 Å². The number of aromatic nitrogens is 2. The summed E-state index contributed by atoms with van der Waals surface area (Å²) in [7, 11) is 0. The first kappa shape index (κ1) is 13.3. The Bertz CT molecular complexity index is 360. The fraction of sp³-hybridized carbons (Fsp3) is 0.667. The standard InChI is InChI=1S/C9H13ClF3N3/c1-6-8(10)7(2)16(15-6)4-3-14-5-9(11,12)13/h14H,3-5H2,1-2H3. The van der Waals surface area contributed by atoms with Crippen LogP contribution in [0, 0.1) is 13.8 Å². The topological polar surface area (TPSA) is 29.9 Å². The normalized spacial score (nSPS) is 12.1. The number of hydrogen-bond donors (Lipinski definition) is 1. The van der Waals surface area contributed by atoms with Crippen LogP contribution in [-0.4, -0.2) is 29.0 Å². The van der Waals surface area contributed by atoms with E-state index in [0.29, 0.717) is 17.3 Å². The molecule has 1 aromatic rings.